The summed E-state index contributed by atoms with van der Waals surface area (Å²) in [6.07, 6.45) is 6.55. The van der Waals surface area contributed by atoms with Crippen LogP contribution < -0.4 is 11.1 Å². The van der Waals surface area contributed by atoms with Crippen molar-refractivity contribution in [2.45, 2.75) is 37.6 Å². The Hall–Kier alpha value is -1.94. The third-order valence-corrected chi connectivity index (χ3v) is 4.06. The average Bonchev–Trinajstić information content (AvgIpc) is 2.48. The van der Waals surface area contributed by atoms with Crippen LogP contribution in [0, 0.1) is 0 Å². The summed E-state index contributed by atoms with van der Waals surface area (Å²) >= 11 is 0. The molecule has 20 heavy (non-hydrogen) atoms. The van der Waals surface area contributed by atoms with E-state index >= 15 is 0 Å². The molecule has 0 radical (unpaired) electrons. The molecule has 0 saturated heterocycles. The van der Waals surface area contributed by atoms with Gasteiger partial charge in [-0.2, -0.15) is 0 Å². The number of benzene rings is 1. The fourth-order valence-electron chi connectivity index (χ4n) is 2.82. The highest BCUT2D eigenvalue weighted by Gasteiger charge is 2.35. The summed E-state index contributed by atoms with van der Waals surface area (Å²) in [7, 11) is 0. The number of aromatic nitrogens is 1. The van der Waals surface area contributed by atoms with Gasteiger partial charge in [0.25, 0.3) is 0 Å². The first-order chi connectivity index (χ1) is 9.67. The molecule has 2 aromatic rings. The van der Waals surface area contributed by atoms with E-state index in [-0.39, 0.29) is 5.91 Å². The molecule has 1 amide bonds. The summed E-state index contributed by atoms with van der Waals surface area (Å²) in [6, 6.07) is 9.59. The number of rotatable bonds is 2. The highest BCUT2D eigenvalue weighted by atomic mass is 16.2. The van der Waals surface area contributed by atoms with Crippen LogP contribution in [0.3, 0.4) is 0 Å². The van der Waals surface area contributed by atoms with Gasteiger partial charge in [0.1, 0.15) is 0 Å². The zero-order valence-electron chi connectivity index (χ0n) is 11.4. The van der Waals surface area contributed by atoms with Gasteiger partial charge in [-0.05, 0) is 37.1 Å². The molecular formula is C16H19N3O. The van der Waals surface area contributed by atoms with Crippen LogP contribution in [0.5, 0.6) is 0 Å². The Balaban J connectivity index is 1.80. The number of fused-ring (bicyclic) bond motifs is 1. The second-order valence-electron chi connectivity index (χ2n) is 5.58. The number of pyridine rings is 1. The van der Waals surface area contributed by atoms with Gasteiger partial charge in [0.15, 0.2) is 0 Å². The van der Waals surface area contributed by atoms with Gasteiger partial charge in [0.05, 0.1) is 11.1 Å². The molecule has 3 N–H and O–H groups in total. The SMILES string of the molecule is NC1(C(=O)Nc2ccc3ncccc3c2)CCCCC1. The molecule has 104 valence electrons. The summed E-state index contributed by atoms with van der Waals surface area (Å²) in [5.74, 6) is -0.0690. The Kier molecular flexibility index (Phi) is 3.40. The number of anilines is 1. The molecule has 0 atom stereocenters. The lowest BCUT2D eigenvalue weighted by Crippen LogP contribution is -2.52. The normalized spacial score (nSPS) is 17.9. The zero-order chi connectivity index (χ0) is 14.0. The maximum absolute atomic E-state index is 12.4. The van der Waals surface area contributed by atoms with Crippen LogP contribution >= 0.6 is 0 Å². The van der Waals surface area contributed by atoms with Crippen molar-refractivity contribution in [2.24, 2.45) is 5.73 Å². The van der Waals surface area contributed by atoms with E-state index in [9.17, 15) is 4.79 Å². The summed E-state index contributed by atoms with van der Waals surface area (Å²) in [4.78, 5) is 16.6. The molecule has 3 rings (SSSR count). The van der Waals surface area contributed by atoms with Gasteiger partial charge in [-0.25, -0.2) is 0 Å². The molecule has 1 heterocycles. The standard InChI is InChI=1S/C16H19N3O/c17-16(8-2-1-3-9-16)15(20)19-13-6-7-14-12(11-13)5-4-10-18-14/h4-7,10-11H,1-3,8-9,17H2,(H,19,20). The second kappa shape index (κ2) is 5.21. The predicted molar refractivity (Wildman–Crippen MR) is 80.4 cm³/mol. The molecule has 1 saturated carbocycles. The van der Waals surface area contributed by atoms with Crippen molar-refractivity contribution in [3.8, 4) is 0 Å². The lowest BCUT2D eigenvalue weighted by molar-refractivity contribution is -0.122. The van der Waals surface area contributed by atoms with Gasteiger partial charge in [0.2, 0.25) is 5.91 Å². The van der Waals surface area contributed by atoms with E-state index in [2.05, 4.69) is 10.3 Å². The molecular weight excluding hydrogens is 250 g/mol. The number of nitrogens with two attached hydrogens (primary N) is 1. The Bertz CT molecular complexity index is 632. The first kappa shape index (κ1) is 13.1. The van der Waals surface area contributed by atoms with Crippen molar-refractivity contribution in [1.29, 1.82) is 0 Å². The Morgan fingerprint density at radius 3 is 2.80 bits per heavy atom. The maximum atomic E-state index is 12.4. The van der Waals surface area contributed by atoms with Gasteiger partial charge in [-0.1, -0.05) is 25.3 Å². The Morgan fingerprint density at radius 2 is 2.00 bits per heavy atom. The maximum Gasteiger partial charge on any atom is 0.244 e. The molecule has 1 aromatic heterocycles. The molecule has 1 aliphatic rings. The van der Waals surface area contributed by atoms with Crippen molar-refractivity contribution >= 4 is 22.5 Å². The van der Waals surface area contributed by atoms with Gasteiger partial charge in [-0.15, -0.1) is 0 Å². The summed E-state index contributed by atoms with van der Waals surface area (Å²) < 4.78 is 0. The van der Waals surface area contributed by atoms with Crippen molar-refractivity contribution in [3.05, 3.63) is 36.5 Å². The molecule has 0 unspecified atom stereocenters. The van der Waals surface area contributed by atoms with Crippen LogP contribution in [0.25, 0.3) is 10.9 Å². The molecule has 0 spiro atoms. The van der Waals surface area contributed by atoms with Crippen molar-refractivity contribution in [3.63, 3.8) is 0 Å². The molecule has 1 fully saturated rings. The van der Waals surface area contributed by atoms with Crippen LogP contribution in [-0.2, 0) is 4.79 Å². The zero-order valence-corrected chi connectivity index (χ0v) is 11.4. The highest BCUT2D eigenvalue weighted by Crippen LogP contribution is 2.27. The van der Waals surface area contributed by atoms with Crippen LogP contribution in [-0.4, -0.2) is 16.4 Å². The molecule has 0 aliphatic heterocycles. The van der Waals surface area contributed by atoms with Crippen molar-refractivity contribution in [2.75, 3.05) is 5.32 Å². The number of hydrogen-bond acceptors (Lipinski definition) is 3. The average molecular weight is 269 g/mol. The molecule has 4 nitrogen and oxygen atoms in total. The second-order valence-corrected chi connectivity index (χ2v) is 5.58. The molecule has 0 bridgehead atoms. The smallest absolute Gasteiger partial charge is 0.244 e. The largest absolute Gasteiger partial charge is 0.324 e. The van der Waals surface area contributed by atoms with E-state index in [0.717, 1.165) is 42.3 Å². The number of carbonyl (C=O) groups is 1. The van der Waals surface area contributed by atoms with E-state index in [4.69, 9.17) is 5.73 Å². The lowest BCUT2D eigenvalue weighted by atomic mass is 9.82. The monoisotopic (exact) mass is 269 g/mol. The highest BCUT2D eigenvalue weighted by molar-refractivity contribution is 5.99. The minimum atomic E-state index is -0.706. The van der Waals surface area contributed by atoms with Crippen LogP contribution in [0.2, 0.25) is 0 Å². The first-order valence-corrected chi connectivity index (χ1v) is 7.13. The minimum Gasteiger partial charge on any atom is -0.324 e. The lowest BCUT2D eigenvalue weighted by Gasteiger charge is -2.31. The van der Waals surface area contributed by atoms with Gasteiger partial charge >= 0.3 is 0 Å². The Morgan fingerprint density at radius 1 is 1.20 bits per heavy atom. The van der Waals surface area contributed by atoms with E-state index in [1.165, 1.54) is 6.42 Å². The fourth-order valence-corrected chi connectivity index (χ4v) is 2.82. The van der Waals surface area contributed by atoms with Crippen LogP contribution in [0.1, 0.15) is 32.1 Å². The third kappa shape index (κ3) is 2.51. The third-order valence-electron chi connectivity index (χ3n) is 4.06. The minimum absolute atomic E-state index is 0.0690. The quantitative estimate of drug-likeness (QED) is 0.881. The van der Waals surface area contributed by atoms with E-state index in [1.807, 2.05) is 30.3 Å². The number of hydrogen-bond donors (Lipinski definition) is 2. The van der Waals surface area contributed by atoms with Gasteiger partial charge in [0, 0.05) is 17.3 Å². The van der Waals surface area contributed by atoms with Crippen LogP contribution in [0.15, 0.2) is 36.5 Å². The van der Waals surface area contributed by atoms with Crippen LogP contribution in [0.4, 0.5) is 5.69 Å². The van der Waals surface area contributed by atoms with E-state index in [0.29, 0.717) is 0 Å². The Labute approximate surface area is 118 Å². The van der Waals surface area contributed by atoms with E-state index < -0.39 is 5.54 Å². The molecule has 4 heteroatoms. The number of amides is 1. The summed E-state index contributed by atoms with van der Waals surface area (Å²) in [6.45, 7) is 0. The number of nitrogens with zero attached hydrogens (tertiary/aromatic N) is 1. The van der Waals surface area contributed by atoms with Gasteiger partial charge < -0.3 is 11.1 Å². The van der Waals surface area contributed by atoms with E-state index in [1.54, 1.807) is 6.20 Å². The topological polar surface area (TPSA) is 68.0 Å². The first-order valence-electron chi connectivity index (χ1n) is 7.13. The predicted octanol–water partition coefficient (Wildman–Crippen LogP) is 2.83. The summed E-state index contributed by atoms with van der Waals surface area (Å²) in [5, 5.41) is 3.97. The summed E-state index contributed by atoms with van der Waals surface area (Å²) in [5.41, 5.74) is 7.24. The fraction of sp³-hybridized carbons (Fsp3) is 0.375. The number of nitrogens with one attached hydrogen (secondary N) is 1. The molecule has 1 aliphatic carbocycles. The van der Waals surface area contributed by atoms with Crippen molar-refractivity contribution in [1.82, 2.24) is 4.98 Å². The van der Waals surface area contributed by atoms with Crippen molar-refractivity contribution < 1.29 is 4.79 Å². The number of carbonyl (C=O) groups excluding carboxylic acids is 1. The molecule has 1 aromatic carbocycles. The van der Waals surface area contributed by atoms with Gasteiger partial charge in [-0.3, -0.25) is 9.78 Å².